The van der Waals surface area contributed by atoms with E-state index in [9.17, 15) is 0 Å². The van der Waals surface area contributed by atoms with E-state index in [1.807, 2.05) is 0 Å². The molecule has 0 aromatic carbocycles. The average Bonchev–Trinajstić information content (AvgIpc) is 1.97. The minimum Gasteiger partial charge on any atom is -0.396 e. The van der Waals surface area contributed by atoms with E-state index in [-0.39, 0.29) is 5.54 Å². The first kappa shape index (κ1) is 9.96. The molecule has 1 fully saturated rings. The number of likely N-dealkylation sites (tertiary alicyclic amines) is 1. The molecule has 0 atom stereocenters. The maximum absolute atomic E-state index is 8.61. The van der Waals surface area contributed by atoms with Crippen LogP contribution in [0.15, 0.2) is 0 Å². The first-order valence-corrected chi connectivity index (χ1v) is 4.82. The van der Waals surface area contributed by atoms with E-state index < -0.39 is 0 Å². The van der Waals surface area contributed by atoms with Gasteiger partial charge >= 0.3 is 0 Å². The van der Waals surface area contributed by atoms with Gasteiger partial charge in [-0.15, -0.1) is 0 Å². The predicted octanol–water partition coefficient (Wildman–Crippen LogP) is 0.182. The Balaban J connectivity index is 2.09. The van der Waals surface area contributed by atoms with Crippen molar-refractivity contribution < 1.29 is 5.11 Å². The lowest BCUT2D eigenvalue weighted by Crippen LogP contribution is -2.67. The topological polar surface area (TPSA) is 49.5 Å². The Labute approximate surface area is 74.5 Å². The number of nitrogens with zero attached hydrogens (tertiary/aromatic N) is 1. The molecule has 0 unspecified atom stereocenters. The quantitative estimate of drug-likeness (QED) is 0.622. The summed E-state index contributed by atoms with van der Waals surface area (Å²) in [6.07, 6.45) is 3.18. The SMILES string of the molecule is CCCC1(N)CN(CCCO)C1. The van der Waals surface area contributed by atoms with Crippen molar-refractivity contribution in [1.82, 2.24) is 4.90 Å². The number of hydrogen-bond donors (Lipinski definition) is 2. The smallest absolute Gasteiger partial charge is 0.0443 e. The zero-order valence-corrected chi connectivity index (χ0v) is 7.92. The molecule has 1 aliphatic heterocycles. The molecule has 0 saturated carbocycles. The minimum atomic E-state index is 0.0875. The number of aliphatic hydroxyl groups is 1. The van der Waals surface area contributed by atoms with Gasteiger partial charge in [-0.1, -0.05) is 13.3 Å². The van der Waals surface area contributed by atoms with Crippen molar-refractivity contribution in [3.05, 3.63) is 0 Å². The zero-order valence-electron chi connectivity index (χ0n) is 7.92. The average molecular weight is 172 g/mol. The zero-order chi connectivity index (χ0) is 9.03. The molecule has 0 aromatic heterocycles. The van der Waals surface area contributed by atoms with E-state index in [2.05, 4.69) is 11.8 Å². The molecule has 0 bridgehead atoms. The van der Waals surface area contributed by atoms with Gasteiger partial charge in [0, 0.05) is 31.8 Å². The van der Waals surface area contributed by atoms with E-state index >= 15 is 0 Å². The maximum atomic E-state index is 8.61. The molecule has 0 aromatic rings. The first-order chi connectivity index (χ1) is 5.70. The van der Waals surface area contributed by atoms with Gasteiger partial charge in [0.05, 0.1) is 0 Å². The van der Waals surface area contributed by atoms with Crippen LogP contribution in [0.5, 0.6) is 0 Å². The van der Waals surface area contributed by atoms with E-state index in [0.29, 0.717) is 6.61 Å². The van der Waals surface area contributed by atoms with Gasteiger partial charge in [0.1, 0.15) is 0 Å². The van der Waals surface area contributed by atoms with Gasteiger partial charge < -0.3 is 10.8 Å². The number of rotatable bonds is 5. The van der Waals surface area contributed by atoms with Crippen LogP contribution in [0.3, 0.4) is 0 Å². The van der Waals surface area contributed by atoms with Crippen molar-refractivity contribution in [2.45, 2.75) is 31.7 Å². The highest BCUT2D eigenvalue weighted by Crippen LogP contribution is 2.22. The molecule has 1 heterocycles. The second-order valence-electron chi connectivity index (χ2n) is 3.90. The molecule has 3 N–H and O–H groups in total. The lowest BCUT2D eigenvalue weighted by molar-refractivity contribution is 0.0580. The van der Waals surface area contributed by atoms with Crippen LogP contribution >= 0.6 is 0 Å². The van der Waals surface area contributed by atoms with Gasteiger partial charge in [0.2, 0.25) is 0 Å². The van der Waals surface area contributed by atoms with Crippen molar-refractivity contribution in [3.8, 4) is 0 Å². The Bertz CT molecular complexity index is 132. The molecule has 12 heavy (non-hydrogen) atoms. The van der Waals surface area contributed by atoms with Gasteiger partial charge in [0.15, 0.2) is 0 Å². The summed E-state index contributed by atoms with van der Waals surface area (Å²) in [5, 5.41) is 8.61. The van der Waals surface area contributed by atoms with Crippen molar-refractivity contribution in [1.29, 1.82) is 0 Å². The van der Waals surface area contributed by atoms with Crippen LogP contribution in [0.2, 0.25) is 0 Å². The molecule has 0 amide bonds. The Morgan fingerprint density at radius 1 is 1.50 bits per heavy atom. The third-order valence-corrected chi connectivity index (χ3v) is 2.46. The fourth-order valence-electron chi connectivity index (χ4n) is 1.95. The summed E-state index contributed by atoms with van der Waals surface area (Å²) in [5.41, 5.74) is 6.16. The molecule has 1 aliphatic rings. The molecule has 0 aliphatic carbocycles. The highest BCUT2D eigenvalue weighted by Gasteiger charge is 2.37. The molecular formula is C9H20N2O. The van der Waals surface area contributed by atoms with Gasteiger partial charge in [-0.25, -0.2) is 0 Å². The van der Waals surface area contributed by atoms with E-state index in [0.717, 1.165) is 32.5 Å². The summed E-state index contributed by atoms with van der Waals surface area (Å²) in [6.45, 7) is 5.49. The summed E-state index contributed by atoms with van der Waals surface area (Å²) in [5.74, 6) is 0. The van der Waals surface area contributed by atoms with E-state index in [1.165, 1.54) is 6.42 Å². The van der Waals surface area contributed by atoms with Crippen LogP contribution in [0.4, 0.5) is 0 Å². The molecule has 72 valence electrons. The number of hydrogen-bond acceptors (Lipinski definition) is 3. The van der Waals surface area contributed by atoms with Crippen LogP contribution in [0.1, 0.15) is 26.2 Å². The first-order valence-electron chi connectivity index (χ1n) is 4.82. The van der Waals surface area contributed by atoms with Crippen LogP contribution in [0.25, 0.3) is 0 Å². The molecular weight excluding hydrogens is 152 g/mol. The van der Waals surface area contributed by atoms with E-state index in [1.54, 1.807) is 0 Å². The maximum Gasteiger partial charge on any atom is 0.0443 e. The third-order valence-electron chi connectivity index (χ3n) is 2.46. The van der Waals surface area contributed by atoms with Gasteiger partial charge in [0.25, 0.3) is 0 Å². The van der Waals surface area contributed by atoms with Crippen LogP contribution in [-0.4, -0.2) is 41.8 Å². The Morgan fingerprint density at radius 2 is 2.17 bits per heavy atom. The second-order valence-corrected chi connectivity index (χ2v) is 3.90. The number of aliphatic hydroxyl groups excluding tert-OH is 1. The lowest BCUT2D eigenvalue weighted by atomic mass is 9.86. The van der Waals surface area contributed by atoms with Crippen molar-refractivity contribution in [2.24, 2.45) is 5.73 Å². The lowest BCUT2D eigenvalue weighted by Gasteiger charge is -2.48. The summed E-state index contributed by atoms with van der Waals surface area (Å²) in [6, 6.07) is 0. The highest BCUT2D eigenvalue weighted by atomic mass is 16.3. The molecule has 0 spiro atoms. The fraction of sp³-hybridized carbons (Fsp3) is 1.00. The van der Waals surface area contributed by atoms with Crippen molar-refractivity contribution in [2.75, 3.05) is 26.2 Å². The molecule has 3 nitrogen and oxygen atoms in total. The Hall–Kier alpha value is -0.120. The van der Waals surface area contributed by atoms with Gasteiger partial charge in [-0.05, 0) is 12.8 Å². The van der Waals surface area contributed by atoms with Crippen LogP contribution < -0.4 is 5.73 Å². The van der Waals surface area contributed by atoms with Crippen LogP contribution in [0, 0.1) is 0 Å². The van der Waals surface area contributed by atoms with Crippen molar-refractivity contribution >= 4 is 0 Å². The summed E-state index contributed by atoms with van der Waals surface area (Å²) < 4.78 is 0. The Kier molecular flexibility index (Phi) is 3.50. The Morgan fingerprint density at radius 3 is 2.67 bits per heavy atom. The normalized spacial score (nSPS) is 22.2. The minimum absolute atomic E-state index is 0.0875. The van der Waals surface area contributed by atoms with Crippen molar-refractivity contribution in [3.63, 3.8) is 0 Å². The van der Waals surface area contributed by atoms with Gasteiger partial charge in [-0.3, -0.25) is 4.90 Å². The standard InChI is InChI=1S/C9H20N2O/c1-2-4-9(10)7-11(8-9)5-3-6-12/h12H,2-8,10H2,1H3. The monoisotopic (exact) mass is 172 g/mol. The summed E-state index contributed by atoms with van der Waals surface area (Å²) in [7, 11) is 0. The molecule has 3 heteroatoms. The predicted molar refractivity (Wildman–Crippen MR) is 50.0 cm³/mol. The highest BCUT2D eigenvalue weighted by molar-refractivity contribution is 4.99. The largest absolute Gasteiger partial charge is 0.396 e. The molecule has 1 rings (SSSR count). The number of nitrogens with two attached hydrogens (primary N) is 1. The second kappa shape index (κ2) is 4.21. The van der Waals surface area contributed by atoms with Gasteiger partial charge in [-0.2, -0.15) is 0 Å². The molecule has 0 radical (unpaired) electrons. The summed E-state index contributed by atoms with van der Waals surface area (Å²) in [4.78, 5) is 2.31. The third kappa shape index (κ3) is 2.44. The van der Waals surface area contributed by atoms with E-state index in [4.69, 9.17) is 10.8 Å². The van der Waals surface area contributed by atoms with Crippen LogP contribution in [-0.2, 0) is 0 Å². The summed E-state index contributed by atoms with van der Waals surface area (Å²) >= 11 is 0. The molecule has 1 saturated heterocycles. The fourth-order valence-corrected chi connectivity index (χ4v) is 1.95.